The Hall–Kier alpha value is -2.82. The lowest BCUT2D eigenvalue weighted by Gasteiger charge is -2.11. The third-order valence-electron chi connectivity index (χ3n) is 3.50. The van der Waals surface area contributed by atoms with Gasteiger partial charge in [-0.2, -0.15) is 0 Å². The fourth-order valence-corrected chi connectivity index (χ4v) is 2.18. The smallest absolute Gasteiger partial charge is 0.339 e. The van der Waals surface area contributed by atoms with Crippen molar-refractivity contribution in [1.29, 1.82) is 0 Å². The number of esters is 1. The molecule has 0 bridgehead atoms. The van der Waals surface area contributed by atoms with Crippen LogP contribution in [-0.4, -0.2) is 25.6 Å². The summed E-state index contributed by atoms with van der Waals surface area (Å²) in [5.41, 5.74) is 1.84. The Labute approximate surface area is 141 Å². The molecule has 0 aliphatic heterocycles. The summed E-state index contributed by atoms with van der Waals surface area (Å²) in [7, 11) is 1.30. The Bertz CT molecular complexity index is 725. The van der Waals surface area contributed by atoms with Crippen molar-refractivity contribution in [2.45, 2.75) is 19.8 Å². The van der Waals surface area contributed by atoms with E-state index in [0.29, 0.717) is 22.9 Å². The van der Waals surface area contributed by atoms with Gasteiger partial charge in [0.1, 0.15) is 5.75 Å². The van der Waals surface area contributed by atoms with Crippen LogP contribution in [0.15, 0.2) is 48.5 Å². The average Bonchev–Trinajstić information content (AvgIpc) is 2.60. The van der Waals surface area contributed by atoms with Gasteiger partial charge in [0.2, 0.25) is 0 Å². The number of carbonyl (C=O) groups excluding carboxylic acids is 2. The molecule has 0 fully saturated rings. The van der Waals surface area contributed by atoms with Gasteiger partial charge in [-0.25, -0.2) is 4.79 Å². The van der Waals surface area contributed by atoms with Gasteiger partial charge in [-0.1, -0.05) is 38.1 Å². The maximum Gasteiger partial charge on any atom is 0.339 e. The van der Waals surface area contributed by atoms with Crippen molar-refractivity contribution in [2.75, 3.05) is 19.0 Å². The number of hydrogen-bond acceptors (Lipinski definition) is 4. The number of para-hydroxylation sites is 1. The monoisotopic (exact) mass is 327 g/mol. The van der Waals surface area contributed by atoms with Crippen molar-refractivity contribution >= 4 is 17.6 Å². The molecule has 0 saturated carbocycles. The van der Waals surface area contributed by atoms with E-state index >= 15 is 0 Å². The number of methoxy groups -OCH3 is 1. The molecule has 0 aliphatic carbocycles. The molecule has 126 valence electrons. The Kier molecular flexibility index (Phi) is 5.95. The molecule has 0 spiro atoms. The van der Waals surface area contributed by atoms with Gasteiger partial charge in [0.25, 0.3) is 5.91 Å². The summed E-state index contributed by atoms with van der Waals surface area (Å²) in [5.74, 6) is 0.171. The zero-order valence-electron chi connectivity index (χ0n) is 14.0. The van der Waals surface area contributed by atoms with Crippen LogP contribution >= 0.6 is 0 Å². The molecule has 5 nitrogen and oxygen atoms in total. The minimum absolute atomic E-state index is 0.142. The molecule has 0 aliphatic rings. The molecular weight excluding hydrogens is 306 g/mol. The fourth-order valence-electron chi connectivity index (χ4n) is 2.18. The van der Waals surface area contributed by atoms with Crippen molar-refractivity contribution in [1.82, 2.24) is 0 Å². The molecule has 0 heterocycles. The van der Waals surface area contributed by atoms with E-state index < -0.39 is 5.97 Å². The van der Waals surface area contributed by atoms with Crippen molar-refractivity contribution in [2.24, 2.45) is 0 Å². The maximum atomic E-state index is 12.1. The first-order chi connectivity index (χ1) is 11.5. The van der Waals surface area contributed by atoms with E-state index in [1.807, 2.05) is 24.3 Å². The Morgan fingerprint density at radius 1 is 1.08 bits per heavy atom. The zero-order chi connectivity index (χ0) is 17.5. The van der Waals surface area contributed by atoms with Crippen molar-refractivity contribution < 1.29 is 19.1 Å². The molecule has 0 saturated heterocycles. The van der Waals surface area contributed by atoms with Gasteiger partial charge in [-0.3, -0.25) is 4.79 Å². The third kappa shape index (κ3) is 4.59. The van der Waals surface area contributed by atoms with Crippen LogP contribution in [0.2, 0.25) is 0 Å². The maximum absolute atomic E-state index is 12.1. The summed E-state index contributed by atoms with van der Waals surface area (Å²) < 4.78 is 10.2. The van der Waals surface area contributed by atoms with Crippen molar-refractivity contribution in [3.05, 3.63) is 59.7 Å². The summed E-state index contributed by atoms with van der Waals surface area (Å²) in [6.45, 7) is 4.04. The second kappa shape index (κ2) is 8.15. The van der Waals surface area contributed by atoms with E-state index in [2.05, 4.69) is 19.2 Å². The number of hydrogen-bond donors (Lipinski definition) is 1. The number of rotatable bonds is 6. The molecule has 24 heavy (non-hydrogen) atoms. The van der Waals surface area contributed by atoms with Gasteiger partial charge in [-0.15, -0.1) is 0 Å². The van der Waals surface area contributed by atoms with Gasteiger partial charge >= 0.3 is 5.97 Å². The van der Waals surface area contributed by atoms with Crippen molar-refractivity contribution in [3.63, 3.8) is 0 Å². The van der Waals surface area contributed by atoms with Gasteiger partial charge < -0.3 is 14.8 Å². The van der Waals surface area contributed by atoms with Crippen LogP contribution in [0, 0.1) is 0 Å². The molecule has 2 aromatic rings. The predicted octanol–water partition coefficient (Wildman–Crippen LogP) is 3.61. The molecule has 0 unspecified atom stereocenters. The molecule has 0 radical (unpaired) electrons. The number of nitrogens with one attached hydrogen (secondary N) is 1. The number of ether oxygens (including phenoxy) is 2. The number of benzene rings is 2. The molecule has 2 aromatic carbocycles. The highest BCUT2D eigenvalue weighted by molar-refractivity contribution is 6.01. The molecule has 1 N–H and O–H groups in total. The first kappa shape index (κ1) is 17.5. The highest BCUT2D eigenvalue weighted by Gasteiger charge is 2.13. The van der Waals surface area contributed by atoms with Crippen molar-refractivity contribution in [3.8, 4) is 5.75 Å². The van der Waals surface area contributed by atoms with Crippen LogP contribution in [0.5, 0.6) is 5.75 Å². The molecule has 5 heteroatoms. The second-order valence-electron chi connectivity index (χ2n) is 5.60. The van der Waals surface area contributed by atoms with Gasteiger partial charge in [0.15, 0.2) is 6.61 Å². The van der Waals surface area contributed by atoms with Crippen LogP contribution in [-0.2, 0) is 9.53 Å². The van der Waals surface area contributed by atoms with E-state index in [-0.39, 0.29) is 12.5 Å². The number of carbonyl (C=O) groups is 2. The minimum Gasteiger partial charge on any atom is -0.484 e. The topological polar surface area (TPSA) is 64.6 Å². The van der Waals surface area contributed by atoms with E-state index in [9.17, 15) is 9.59 Å². The van der Waals surface area contributed by atoms with Crippen LogP contribution in [0.3, 0.4) is 0 Å². The molecule has 0 aromatic heterocycles. The lowest BCUT2D eigenvalue weighted by Crippen LogP contribution is -2.21. The SMILES string of the molecule is COC(=O)c1ccccc1NC(=O)COc1cccc(C(C)C)c1. The molecule has 1 amide bonds. The summed E-state index contributed by atoms with van der Waals surface area (Å²) in [6.07, 6.45) is 0. The normalized spacial score (nSPS) is 10.3. The second-order valence-corrected chi connectivity index (χ2v) is 5.60. The van der Waals surface area contributed by atoms with Crippen LogP contribution in [0.25, 0.3) is 0 Å². The van der Waals surface area contributed by atoms with Gasteiger partial charge in [-0.05, 0) is 35.7 Å². The first-order valence-electron chi connectivity index (χ1n) is 7.71. The minimum atomic E-state index is -0.503. The zero-order valence-corrected chi connectivity index (χ0v) is 14.0. The third-order valence-corrected chi connectivity index (χ3v) is 3.50. The van der Waals surface area contributed by atoms with Crippen LogP contribution in [0.1, 0.15) is 35.7 Å². The molecule has 2 rings (SSSR count). The molecular formula is C19H21NO4. The Morgan fingerprint density at radius 3 is 2.54 bits per heavy atom. The lowest BCUT2D eigenvalue weighted by atomic mass is 10.0. The first-order valence-corrected chi connectivity index (χ1v) is 7.71. The van der Waals surface area contributed by atoms with E-state index in [0.717, 1.165) is 5.56 Å². The summed E-state index contributed by atoms with van der Waals surface area (Å²) in [6, 6.07) is 14.3. The number of amides is 1. The largest absolute Gasteiger partial charge is 0.484 e. The standard InChI is InChI=1S/C19H21NO4/c1-13(2)14-7-6-8-15(11-14)24-12-18(21)20-17-10-5-4-9-16(17)19(22)23-3/h4-11,13H,12H2,1-3H3,(H,20,21). The lowest BCUT2D eigenvalue weighted by molar-refractivity contribution is -0.118. The summed E-state index contributed by atoms with van der Waals surface area (Å²) >= 11 is 0. The summed E-state index contributed by atoms with van der Waals surface area (Å²) in [5, 5.41) is 2.67. The van der Waals surface area contributed by atoms with Gasteiger partial charge in [0, 0.05) is 0 Å². The van der Waals surface area contributed by atoms with E-state index in [4.69, 9.17) is 9.47 Å². The molecule has 0 atom stereocenters. The van der Waals surface area contributed by atoms with Gasteiger partial charge in [0.05, 0.1) is 18.4 Å². The number of anilines is 1. The van der Waals surface area contributed by atoms with Crippen LogP contribution in [0.4, 0.5) is 5.69 Å². The summed E-state index contributed by atoms with van der Waals surface area (Å²) in [4.78, 5) is 23.8. The highest BCUT2D eigenvalue weighted by atomic mass is 16.5. The van der Waals surface area contributed by atoms with E-state index in [1.165, 1.54) is 7.11 Å². The predicted molar refractivity (Wildman–Crippen MR) is 92.4 cm³/mol. The quantitative estimate of drug-likeness (QED) is 0.823. The fraction of sp³-hybridized carbons (Fsp3) is 0.263. The average molecular weight is 327 g/mol. The highest BCUT2D eigenvalue weighted by Crippen LogP contribution is 2.20. The Morgan fingerprint density at radius 2 is 1.83 bits per heavy atom. The van der Waals surface area contributed by atoms with Crippen LogP contribution < -0.4 is 10.1 Å². The Balaban J connectivity index is 1.99. The van der Waals surface area contributed by atoms with E-state index in [1.54, 1.807) is 24.3 Å².